The molecule has 0 spiro atoms. The predicted molar refractivity (Wildman–Crippen MR) is 82.8 cm³/mol. The summed E-state index contributed by atoms with van der Waals surface area (Å²) in [6.45, 7) is 7.54. The first-order chi connectivity index (χ1) is 9.77. The maximum Gasteiger partial charge on any atom is 0.251 e. The van der Waals surface area contributed by atoms with Crippen molar-refractivity contribution >= 4 is 15.9 Å². The van der Waals surface area contributed by atoms with Gasteiger partial charge >= 0.3 is 0 Å². The number of hydrogen-bond donors (Lipinski definition) is 3. The molecule has 1 rings (SSSR count). The number of carbonyl (C=O) groups is 1. The molecule has 0 heterocycles. The summed E-state index contributed by atoms with van der Waals surface area (Å²) < 4.78 is 23.1. The fourth-order valence-corrected chi connectivity index (χ4v) is 2.80. The third-order valence-electron chi connectivity index (χ3n) is 3.20. The standard InChI is InChI=1S/C14H23N3O3S/c1-4-5-16-6-7-17-14(18)12-8-10(2)11(3)13(9-12)21(15,19)20/h8-9,16H,4-7H2,1-3H3,(H,17,18)(H2,15,19,20). The fourth-order valence-electron chi connectivity index (χ4n) is 1.92. The zero-order valence-electron chi connectivity index (χ0n) is 12.7. The van der Waals surface area contributed by atoms with Gasteiger partial charge in [0.25, 0.3) is 5.91 Å². The van der Waals surface area contributed by atoms with Crippen molar-refractivity contribution in [1.82, 2.24) is 10.6 Å². The molecule has 7 heteroatoms. The van der Waals surface area contributed by atoms with Gasteiger partial charge in [-0.1, -0.05) is 6.92 Å². The number of hydrogen-bond acceptors (Lipinski definition) is 4. The summed E-state index contributed by atoms with van der Waals surface area (Å²) in [5, 5.41) is 11.1. The number of amides is 1. The van der Waals surface area contributed by atoms with Crippen LogP contribution in [0.25, 0.3) is 0 Å². The summed E-state index contributed by atoms with van der Waals surface area (Å²) in [5.41, 5.74) is 1.59. The molecule has 0 radical (unpaired) electrons. The Morgan fingerprint density at radius 1 is 1.19 bits per heavy atom. The van der Waals surface area contributed by atoms with Crippen molar-refractivity contribution in [2.75, 3.05) is 19.6 Å². The van der Waals surface area contributed by atoms with E-state index in [1.54, 1.807) is 19.9 Å². The van der Waals surface area contributed by atoms with E-state index in [0.29, 0.717) is 24.2 Å². The normalized spacial score (nSPS) is 11.4. The van der Waals surface area contributed by atoms with Crippen LogP contribution in [0.1, 0.15) is 34.8 Å². The van der Waals surface area contributed by atoms with Gasteiger partial charge in [0.2, 0.25) is 10.0 Å². The van der Waals surface area contributed by atoms with Gasteiger partial charge in [0.1, 0.15) is 0 Å². The summed E-state index contributed by atoms with van der Waals surface area (Å²) >= 11 is 0. The molecule has 0 unspecified atom stereocenters. The van der Waals surface area contributed by atoms with E-state index in [4.69, 9.17) is 5.14 Å². The second-order valence-electron chi connectivity index (χ2n) is 4.97. The van der Waals surface area contributed by atoms with E-state index in [1.807, 2.05) is 0 Å². The Labute approximate surface area is 126 Å². The minimum atomic E-state index is -3.84. The van der Waals surface area contributed by atoms with Crippen LogP contribution < -0.4 is 15.8 Å². The lowest BCUT2D eigenvalue weighted by Gasteiger charge is -2.11. The van der Waals surface area contributed by atoms with Gasteiger partial charge in [-0.3, -0.25) is 4.79 Å². The highest BCUT2D eigenvalue weighted by molar-refractivity contribution is 7.89. The number of benzene rings is 1. The van der Waals surface area contributed by atoms with Crippen molar-refractivity contribution < 1.29 is 13.2 Å². The van der Waals surface area contributed by atoms with Gasteiger partial charge in [0.15, 0.2) is 0 Å². The molecule has 1 amide bonds. The molecule has 0 aliphatic heterocycles. The zero-order chi connectivity index (χ0) is 16.0. The molecule has 4 N–H and O–H groups in total. The molecular formula is C14H23N3O3S. The molecule has 6 nitrogen and oxygen atoms in total. The highest BCUT2D eigenvalue weighted by Gasteiger charge is 2.17. The number of nitrogens with one attached hydrogen (secondary N) is 2. The van der Waals surface area contributed by atoms with Crippen LogP contribution in [0, 0.1) is 13.8 Å². The van der Waals surface area contributed by atoms with Crippen LogP contribution in [0.4, 0.5) is 0 Å². The van der Waals surface area contributed by atoms with Crippen LogP contribution in [0.5, 0.6) is 0 Å². The molecule has 118 valence electrons. The van der Waals surface area contributed by atoms with Crippen LogP contribution in [0.3, 0.4) is 0 Å². The Bertz CT molecular complexity index is 612. The number of sulfonamides is 1. The van der Waals surface area contributed by atoms with Gasteiger partial charge in [-0.25, -0.2) is 13.6 Å². The summed E-state index contributed by atoms with van der Waals surface area (Å²) in [6, 6.07) is 2.99. The molecule has 0 aliphatic carbocycles. The van der Waals surface area contributed by atoms with Gasteiger partial charge in [-0.05, 0) is 50.1 Å². The van der Waals surface area contributed by atoms with E-state index in [0.717, 1.165) is 18.5 Å². The van der Waals surface area contributed by atoms with Crippen LogP contribution in [0.2, 0.25) is 0 Å². The molecule has 0 bridgehead atoms. The molecule has 0 aliphatic rings. The van der Waals surface area contributed by atoms with Crippen LogP contribution in [-0.4, -0.2) is 34.0 Å². The van der Waals surface area contributed by atoms with E-state index in [9.17, 15) is 13.2 Å². The molecule has 0 atom stereocenters. The van der Waals surface area contributed by atoms with E-state index < -0.39 is 10.0 Å². The second kappa shape index (κ2) is 7.53. The molecule has 0 fully saturated rings. The number of primary sulfonamides is 1. The topological polar surface area (TPSA) is 101 Å². The molecule has 1 aromatic rings. The monoisotopic (exact) mass is 313 g/mol. The highest BCUT2D eigenvalue weighted by Crippen LogP contribution is 2.19. The third-order valence-corrected chi connectivity index (χ3v) is 4.24. The summed E-state index contributed by atoms with van der Waals surface area (Å²) in [6.07, 6.45) is 1.03. The zero-order valence-corrected chi connectivity index (χ0v) is 13.5. The molecule has 0 saturated heterocycles. The first-order valence-electron chi connectivity index (χ1n) is 6.90. The maximum absolute atomic E-state index is 12.0. The van der Waals surface area contributed by atoms with E-state index in [-0.39, 0.29) is 10.8 Å². The quantitative estimate of drug-likeness (QED) is 0.644. The first kappa shape index (κ1) is 17.6. The Balaban J connectivity index is 2.84. The molecule has 0 saturated carbocycles. The number of rotatable bonds is 7. The van der Waals surface area contributed by atoms with Crippen LogP contribution in [0.15, 0.2) is 17.0 Å². The summed E-state index contributed by atoms with van der Waals surface area (Å²) in [5.74, 6) is -0.304. The molecule has 0 aromatic heterocycles. The molecule has 21 heavy (non-hydrogen) atoms. The van der Waals surface area contributed by atoms with E-state index in [2.05, 4.69) is 17.6 Å². The average Bonchev–Trinajstić information content (AvgIpc) is 2.39. The maximum atomic E-state index is 12.0. The van der Waals surface area contributed by atoms with Gasteiger partial charge in [0.05, 0.1) is 4.90 Å². The van der Waals surface area contributed by atoms with Gasteiger partial charge in [-0.2, -0.15) is 0 Å². The van der Waals surface area contributed by atoms with Crippen molar-refractivity contribution in [3.63, 3.8) is 0 Å². The summed E-state index contributed by atoms with van der Waals surface area (Å²) in [4.78, 5) is 12.0. The van der Waals surface area contributed by atoms with E-state index in [1.165, 1.54) is 6.07 Å². The lowest BCUT2D eigenvalue weighted by atomic mass is 10.1. The van der Waals surface area contributed by atoms with Crippen molar-refractivity contribution in [2.45, 2.75) is 32.1 Å². The lowest BCUT2D eigenvalue weighted by molar-refractivity contribution is 0.0953. The summed E-state index contributed by atoms with van der Waals surface area (Å²) in [7, 11) is -3.84. The minimum Gasteiger partial charge on any atom is -0.351 e. The van der Waals surface area contributed by atoms with Crippen molar-refractivity contribution in [3.8, 4) is 0 Å². The van der Waals surface area contributed by atoms with Crippen LogP contribution >= 0.6 is 0 Å². The van der Waals surface area contributed by atoms with E-state index >= 15 is 0 Å². The van der Waals surface area contributed by atoms with Crippen LogP contribution in [-0.2, 0) is 10.0 Å². The van der Waals surface area contributed by atoms with Crippen molar-refractivity contribution in [3.05, 3.63) is 28.8 Å². The largest absolute Gasteiger partial charge is 0.351 e. The smallest absolute Gasteiger partial charge is 0.251 e. The molecule has 1 aromatic carbocycles. The number of aryl methyl sites for hydroxylation is 1. The highest BCUT2D eigenvalue weighted by atomic mass is 32.2. The Morgan fingerprint density at radius 3 is 2.43 bits per heavy atom. The minimum absolute atomic E-state index is 0.00300. The van der Waals surface area contributed by atoms with Crippen molar-refractivity contribution in [1.29, 1.82) is 0 Å². The predicted octanol–water partition coefficient (Wildman–Crippen LogP) is 0.680. The van der Waals surface area contributed by atoms with Gasteiger partial charge < -0.3 is 10.6 Å². The SMILES string of the molecule is CCCNCCNC(=O)c1cc(C)c(C)c(S(N)(=O)=O)c1. The average molecular weight is 313 g/mol. The third kappa shape index (κ3) is 5.11. The Kier molecular flexibility index (Phi) is 6.32. The Hall–Kier alpha value is -1.44. The second-order valence-corrected chi connectivity index (χ2v) is 6.50. The first-order valence-corrected chi connectivity index (χ1v) is 8.45. The van der Waals surface area contributed by atoms with Gasteiger partial charge in [0, 0.05) is 18.7 Å². The fraction of sp³-hybridized carbons (Fsp3) is 0.500. The Morgan fingerprint density at radius 2 is 1.86 bits per heavy atom. The number of nitrogens with two attached hydrogens (primary N) is 1. The van der Waals surface area contributed by atoms with Gasteiger partial charge in [-0.15, -0.1) is 0 Å². The number of carbonyl (C=O) groups excluding carboxylic acids is 1. The molecular weight excluding hydrogens is 290 g/mol. The van der Waals surface area contributed by atoms with Crippen molar-refractivity contribution in [2.24, 2.45) is 5.14 Å². The lowest BCUT2D eigenvalue weighted by Crippen LogP contribution is -2.32.